The molecule has 2 heterocycles. The number of benzene rings is 3. The first-order valence-electron chi connectivity index (χ1n) is 9.73. The van der Waals surface area contributed by atoms with Crippen LogP contribution in [-0.4, -0.2) is 9.13 Å². The van der Waals surface area contributed by atoms with Crippen LogP contribution in [0.2, 0.25) is 0 Å². The zero-order chi connectivity index (χ0) is 17.8. The first kappa shape index (κ1) is 15.5. The normalized spacial score (nSPS) is 12.1. The Hall–Kier alpha value is -2.74. The molecule has 0 aliphatic rings. The molecule has 3 aromatic carbocycles. The van der Waals surface area contributed by atoms with Crippen molar-refractivity contribution in [1.29, 1.82) is 0 Å². The van der Waals surface area contributed by atoms with Crippen LogP contribution in [0.1, 0.15) is 26.3 Å². The lowest BCUT2D eigenvalue weighted by Gasteiger charge is -2.10. The molecule has 5 aromatic rings. The van der Waals surface area contributed by atoms with Crippen LogP contribution in [0.25, 0.3) is 43.6 Å². The minimum atomic E-state index is 0.991. The number of aryl methyl sites for hydroxylation is 3. The fourth-order valence-electron chi connectivity index (χ4n) is 4.86. The Morgan fingerprint density at radius 3 is 1.92 bits per heavy atom. The molecule has 0 aliphatic heterocycles. The van der Waals surface area contributed by atoms with Gasteiger partial charge in [-0.1, -0.05) is 43.3 Å². The summed E-state index contributed by atoms with van der Waals surface area (Å²) in [4.78, 5) is 0. The Kier molecular flexibility index (Phi) is 3.36. The highest BCUT2D eigenvalue weighted by Gasteiger charge is 2.19. The van der Waals surface area contributed by atoms with Crippen LogP contribution in [0.5, 0.6) is 0 Å². The van der Waals surface area contributed by atoms with Gasteiger partial charge in [-0.3, -0.25) is 0 Å². The number of fused-ring (bicyclic) bond motifs is 6. The number of aromatic nitrogens is 2. The molecule has 5 rings (SSSR count). The van der Waals surface area contributed by atoms with E-state index in [9.17, 15) is 0 Å². The maximum atomic E-state index is 2.50. The molecule has 0 saturated carbocycles. The molecule has 0 bridgehead atoms. The lowest BCUT2D eigenvalue weighted by atomic mass is 10.00. The van der Waals surface area contributed by atoms with E-state index >= 15 is 0 Å². The summed E-state index contributed by atoms with van der Waals surface area (Å²) in [5, 5.41) is 5.59. The van der Waals surface area contributed by atoms with E-state index in [1.165, 1.54) is 49.2 Å². The van der Waals surface area contributed by atoms with E-state index < -0.39 is 0 Å². The van der Waals surface area contributed by atoms with Gasteiger partial charge < -0.3 is 9.13 Å². The van der Waals surface area contributed by atoms with Crippen LogP contribution in [0, 0.1) is 0 Å². The SMILES string of the molecule is CCc1c2c3ccccc3n(CC)c2cc2c3ccccc3n(CC)c12. The van der Waals surface area contributed by atoms with Gasteiger partial charge in [-0.05, 0) is 44.0 Å². The van der Waals surface area contributed by atoms with Gasteiger partial charge in [0.2, 0.25) is 0 Å². The van der Waals surface area contributed by atoms with Crippen molar-refractivity contribution in [3.63, 3.8) is 0 Å². The van der Waals surface area contributed by atoms with Gasteiger partial charge in [0, 0.05) is 45.7 Å². The Bertz CT molecular complexity index is 1280. The minimum Gasteiger partial charge on any atom is -0.341 e. The lowest BCUT2D eigenvalue weighted by Crippen LogP contribution is -1.98. The standard InChI is InChI=1S/C24H24N2/c1-4-16-23-18-12-8-10-14-21(18)25(5-2)22(23)15-19-17-11-7-9-13-20(17)26(6-3)24(16)19/h7-15H,4-6H2,1-3H3. The Morgan fingerprint density at radius 1 is 0.654 bits per heavy atom. The summed E-state index contributed by atoms with van der Waals surface area (Å²) in [6.07, 6.45) is 1.04. The molecule has 0 radical (unpaired) electrons. The highest BCUT2D eigenvalue weighted by molar-refractivity contribution is 6.20. The minimum absolute atomic E-state index is 0.991. The fraction of sp³-hybridized carbons (Fsp3) is 0.250. The molecule has 2 nitrogen and oxygen atoms in total. The third-order valence-corrected chi connectivity index (χ3v) is 5.88. The van der Waals surface area contributed by atoms with Crippen LogP contribution in [0.4, 0.5) is 0 Å². The van der Waals surface area contributed by atoms with Crippen LogP contribution in [-0.2, 0) is 19.5 Å². The Labute approximate surface area is 153 Å². The quantitative estimate of drug-likeness (QED) is 0.354. The molecule has 0 unspecified atom stereocenters. The molecule has 0 spiro atoms. The van der Waals surface area contributed by atoms with E-state index in [1.54, 1.807) is 0 Å². The molecular weight excluding hydrogens is 316 g/mol. The molecule has 0 N–H and O–H groups in total. The van der Waals surface area contributed by atoms with Gasteiger partial charge in [-0.25, -0.2) is 0 Å². The predicted octanol–water partition coefficient (Wildman–Crippen LogP) is 6.50. The average Bonchev–Trinajstić information content (AvgIpc) is 3.18. The number of nitrogens with zero attached hydrogens (tertiary/aromatic N) is 2. The molecule has 0 amide bonds. The van der Waals surface area contributed by atoms with Crippen molar-refractivity contribution in [3.05, 3.63) is 60.2 Å². The first-order valence-corrected chi connectivity index (χ1v) is 9.73. The monoisotopic (exact) mass is 340 g/mol. The van der Waals surface area contributed by atoms with E-state index in [2.05, 4.69) is 84.5 Å². The molecule has 0 saturated heterocycles. The number of hydrogen-bond donors (Lipinski definition) is 0. The first-order chi connectivity index (χ1) is 12.8. The fourth-order valence-corrected chi connectivity index (χ4v) is 4.86. The molecule has 26 heavy (non-hydrogen) atoms. The highest BCUT2D eigenvalue weighted by Crippen LogP contribution is 2.40. The summed E-state index contributed by atoms with van der Waals surface area (Å²) < 4.78 is 4.97. The van der Waals surface area contributed by atoms with Crippen molar-refractivity contribution in [2.24, 2.45) is 0 Å². The molecule has 2 heteroatoms. The third kappa shape index (κ3) is 1.82. The number of rotatable bonds is 3. The van der Waals surface area contributed by atoms with Crippen LogP contribution >= 0.6 is 0 Å². The maximum Gasteiger partial charge on any atom is 0.0531 e. The van der Waals surface area contributed by atoms with Crippen molar-refractivity contribution < 1.29 is 0 Å². The number of para-hydroxylation sites is 2. The van der Waals surface area contributed by atoms with Crippen LogP contribution in [0.15, 0.2) is 54.6 Å². The van der Waals surface area contributed by atoms with Gasteiger partial charge in [-0.15, -0.1) is 0 Å². The Balaban J connectivity index is 2.14. The van der Waals surface area contributed by atoms with Gasteiger partial charge in [0.05, 0.1) is 11.0 Å². The van der Waals surface area contributed by atoms with E-state index in [-0.39, 0.29) is 0 Å². The van der Waals surface area contributed by atoms with Gasteiger partial charge in [0.1, 0.15) is 0 Å². The molecule has 0 fully saturated rings. The largest absolute Gasteiger partial charge is 0.341 e. The van der Waals surface area contributed by atoms with Crippen molar-refractivity contribution in [1.82, 2.24) is 9.13 Å². The predicted molar refractivity (Wildman–Crippen MR) is 113 cm³/mol. The van der Waals surface area contributed by atoms with Gasteiger partial charge in [0.15, 0.2) is 0 Å². The van der Waals surface area contributed by atoms with E-state index in [4.69, 9.17) is 0 Å². The Morgan fingerprint density at radius 2 is 1.27 bits per heavy atom. The lowest BCUT2D eigenvalue weighted by molar-refractivity contribution is 0.820. The second-order valence-electron chi connectivity index (χ2n) is 7.02. The topological polar surface area (TPSA) is 9.86 Å². The maximum absolute atomic E-state index is 2.50. The second-order valence-corrected chi connectivity index (χ2v) is 7.02. The van der Waals surface area contributed by atoms with Gasteiger partial charge in [0.25, 0.3) is 0 Å². The molecule has 2 aromatic heterocycles. The van der Waals surface area contributed by atoms with E-state index in [1.807, 2.05) is 0 Å². The molecule has 0 aliphatic carbocycles. The van der Waals surface area contributed by atoms with Crippen LogP contribution < -0.4 is 0 Å². The van der Waals surface area contributed by atoms with Gasteiger partial charge in [-0.2, -0.15) is 0 Å². The molecule has 130 valence electrons. The van der Waals surface area contributed by atoms with Crippen molar-refractivity contribution in [3.8, 4) is 0 Å². The smallest absolute Gasteiger partial charge is 0.0531 e. The van der Waals surface area contributed by atoms with E-state index in [0.717, 1.165) is 19.5 Å². The van der Waals surface area contributed by atoms with E-state index in [0.29, 0.717) is 0 Å². The average molecular weight is 340 g/mol. The number of hydrogen-bond acceptors (Lipinski definition) is 0. The second kappa shape index (κ2) is 5.63. The molecule has 0 atom stereocenters. The van der Waals surface area contributed by atoms with Crippen molar-refractivity contribution in [2.45, 2.75) is 40.3 Å². The van der Waals surface area contributed by atoms with Gasteiger partial charge >= 0.3 is 0 Å². The van der Waals surface area contributed by atoms with Crippen molar-refractivity contribution in [2.75, 3.05) is 0 Å². The summed E-state index contributed by atoms with van der Waals surface area (Å²) in [6, 6.07) is 20.1. The van der Waals surface area contributed by atoms with Crippen molar-refractivity contribution >= 4 is 43.6 Å². The zero-order valence-corrected chi connectivity index (χ0v) is 15.7. The third-order valence-electron chi connectivity index (χ3n) is 5.88. The summed E-state index contributed by atoms with van der Waals surface area (Å²) >= 11 is 0. The summed E-state index contributed by atoms with van der Waals surface area (Å²) in [5.74, 6) is 0. The van der Waals surface area contributed by atoms with Crippen LogP contribution in [0.3, 0.4) is 0 Å². The zero-order valence-electron chi connectivity index (χ0n) is 15.7. The molecular formula is C24H24N2. The summed E-state index contributed by atoms with van der Waals surface area (Å²) in [7, 11) is 0. The summed E-state index contributed by atoms with van der Waals surface area (Å²) in [6.45, 7) is 8.78. The highest BCUT2D eigenvalue weighted by atomic mass is 15.0. The summed E-state index contributed by atoms with van der Waals surface area (Å²) in [5.41, 5.74) is 6.97.